The molecule has 34 heavy (non-hydrogen) atoms. The molecule has 0 bridgehead atoms. The second-order valence-electron chi connectivity index (χ2n) is 7.75. The Hall–Kier alpha value is -4.72. The van der Waals surface area contributed by atoms with Gasteiger partial charge in [0.2, 0.25) is 5.75 Å². The van der Waals surface area contributed by atoms with Gasteiger partial charge in [0.15, 0.2) is 5.69 Å². The third-order valence-electron chi connectivity index (χ3n) is 5.62. The molecule has 2 atom stereocenters. The van der Waals surface area contributed by atoms with E-state index >= 15 is 0 Å². The van der Waals surface area contributed by atoms with Crippen molar-refractivity contribution in [1.82, 2.24) is 24.5 Å². The van der Waals surface area contributed by atoms with E-state index in [1.165, 1.54) is 24.1 Å². The molecule has 11 nitrogen and oxygen atoms in total. The second-order valence-corrected chi connectivity index (χ2v) is 7.75. The number of carbonyl (C=O) groups excluding carboxylic acids is 1. The van der Waals surface area contributed by atoms with Crippen LogP contribution in [0.4, 0.5) is 5.69 Å². The molecule has 3 aromatic heterocycles. The molecule has 172 valence electrons. The number of rotatable bonds is 6. The number of amides is 1. The number of hydrogen-bond acceptors (Lipinski definition) is 8. The third-order valence-corrected chi connectivity index (χ3v) is 5.62. The summed E-state index contributed by atoms with van der Waals surface area (Å²) in [5, 5.41) is 30.5. The van der Waals surface area contributed by atoms with Crippen LogP contribution in [0, 0.1) is 18.3 Å². The summed E-state index contributed by atoms with van der Waals surface area (Å²) >= 11 is 0. The van der Waals surface area contributed by atoms with Gasteiger partial charge in [0.25, 0.3) is 11.5 Å². The number of carbonyl (C=O) groups is 1. The first-order valence-electron chi connectivity index (χ1n) is 10.3. The Morgan fingerprint density at radius 1 is 1.29 bits per heavy atom. The molecule has 0 unspecified atom stereocenters. The Morgan fingerprint density at radius 2 is 2.06 bits per heavy atom. The normalized spacial score (nSPS) is 12.6. The second kappa shape index (κ2) is 9.03. The SMILES string of the molecule is Cc1ccnn1[C@@H](c1ccccc1C#N)[C@@H](C)c1nc(C(=O)Nc2cnoc2)c(O)c(=O)n1C. The van der Waals surface area contributed by atoms with Gasteiger partial charge in [-0.25, -0.2) is 4.98 Å². The highest BCUT2D eigenvalue weighted by Gasteiger charge is 2.31. The van der Waals surface area contributed by atoms with Gasteiger partial charge in [-0.05, 0) is 24.6 Å². The van der Waals surface area contributed by atoms with E-state index in [0.29, 0.717) is 11.1 Å². The van der Waals surface area contributed by atoms with Crippen molar-refractivity contribution in [3.05, 3.63) is 87.7 Å². The Kier molecular flexibility index (Phi) is 5.97. The molecule has 0 spiro atoms. The van der Waals surface area contributed by atoms with Crippen molar-refractivity contribution in [2.75, 3.05) is 5.32 Å². The monoisotopic (exact) mass is 459 g/mol. The molecule has 2 N–H and O–H groups in total. The van der Waals surface area contributed by atoms with E-state index in [1.807, 2.05) is 32.0 Å². The van der Waals surface area contributed by atoms with E-state index in [0.717, 1.165) is 5.69 Å². The minimum absolute atomic E-state index is 0.228. The molecule has 4 rings (SSSR count). The molecule has 0 saturated heterocycles. The minimum atomic E-state index is -0.795. The molecule has 0 aliphatic rings. The van der Waals surface area contributed by atoms with Crippen LogP contribution in [-0.4, -0.2) is 35.5 Å². The first-order valence-corrected chi connectivity index (χ1v) is 10.3. The third kappa shape index (κ3) is 3.93. The van der Waals surface area contributed by atoms with Gasteiger partial charge in [0.1, 0.15) is 17.8 Å². The van der Waals surface area contributed by atoms with Crippen molar-refractivity contribution in [1.29, 1.82) is 5.26 Å². The van der Waals surface area contributed by atoms with Crippen molar-refractivity contribution in [2.24, 2.45) is 7.05 Å². The van der Waals surface area contributed by atoms with Gasteiger partial charge in [0, 0.05) is 24.9 Å². The summed E-state index contributed by atoms with van der Waals surface area (Å²) < 4.78 is 7.63. The quantitative estimate of drug-likeness (QED) is 0.446. The molecule has 1 amide bonds. The van der Waals surface area contributed by atoms with Crippen molar-refractivity contribution >= 4 is 11.6 Å². The van der Waals surface area contributed by atoms with Gasteiger partial charge in [-0.3, -0.25) is 18.8 Å². The molecule has 4 aromatic rings. The maximum atomic E-state index is 12.8. The maximum absolute atomic E-state index is 12.8. The largest absolute Gasteiger partial charge is 0.501 e. The Labute approximate surface area is 193 Å². The van der Waals surface area contributed by atoms with Crippen LogP contribution in [-0.2, 0) is 7.05 Å². The van der Waals surface area contributed by atoms with Gasteiger partial charge < -0.3 is 14.9 Å². The highest BCUT2D eigenvalue weighted by atomic mass is 16.5. The van der Waals surface area contributed by atoms with Gasteiger partial charge in [0.05, 0.1) is 23.9 Å². The van der Waals surface area contributed by atoms with Gasteiger partial charge in [-0.1, -0.05) is 30.3 Å². The van der Waals surface area contributed by atoms with Crippen molar-refractivity contribution in [3.8, 4) is 11.8 Å². The molecule has 11 heteroatoms. The molecule has 0 aliphatic carbocycles. The molecule has 1 aromatic carbocycles. The smallest absolute Gasteiger partial charge is 0.296 e. The highest BCUT2D eigenvalue weighted by molar-refractivity contribution is 6.04. The lowest BCUT2D eigenvalue weighted by Gasteiger charge is -2.28. The van der Waals surface area contributed by atoms with Crippen LogP contribution in [0.1, 0.15) is 52.0 Å². The number of hydrogen-bond donors (Lipinski definition) is 2. The maximum Gasteiger partial charge on any atom is 0.296 e. The van der Waals surface area contributed by atoms with Crippen LogP contribution in [0.15, 0.2) is 58.3 Å². The summed E-state index contributed by atoms with van der Waals surface area (Å²) in [4.78, 5) is 30.0. The van der Waals surface area contributed by atoms with Gasteiger partial charge in [-0.2, -0.15) is 10.4 Å². The Morgan fingerprint density at radius 3 is 2.71 bits per heavy atom. The number of aromatic nitrogens is 5. The lowest BCUT2D eigenvalue weighted by atomic mass is 9.90. The topological polar surface area (TPSA) is 152 Å². The first-order chi connectivity index (χ1) is 16.3. The summed E-state index contributed by atoms with van der Waals surface area (Å²) in [6, 6.07) is 10.6. The number of benzene rings is 1. The molecule has 0 saturated carbocycles. The number of nitriles is 1. The van der Waals surface area contributed by atoms with Crippen molar-refractivity contribution in [3.63, 3.8) is 0 Å². The minimum Gasteiger partial charge on any atom is -0.501 e. The fraction of sp³-hybridized carbons (Fsp3) is 0.217. The summed E-state index contributed by atoms with van der Waals surface area (Å²) in [7, 11) is 1.46. The van der Waals surface area contributed by atoms with Crippen LogP contribution in [0.3, 0.4) is 0 Å². The van der Waals surface area contributed by atoms with E-state index in [9.17, 15) is 20.0 Å². The van der Waals surface area contributed by atoms with Crippen LogP contribution < -0.4 is 10.9 Å². The first kappa shape index (κ1) is 22.5. The summed E-state index contributed by atoms with van der Waals surface area (Å²) in [5.74, 6) is -1.88. The Bertz CT molecular complexity index is 1450. The molecule has 3 heterocycles. The van der Waals surface area contributed by atoms with Crippen molar-refractivity contribution < 1.29 is 14.4 Å². The average Bonchev–Trinajstić information content (AvgIpc) is 3.50. The van der Waals surface area contributed by atoms with Gasteiger partial charge in [-0.15, -0.1) is 0 Å². The summed E-state index contributed by atoms with van der Waals surface area (Å²) in [6.07, 6.45) is 4.12. The standard InChI is InChI=1S/C23H21N7O4/c1-13-8-9-25-30(13)19(17-7-5-4-6-15(17)10-24)14(2)21-28-18(20(31)23(33)29(21)3)22(32)27-16-11-26-34-12-16/h4-9,11-12,14,19,31H,1-3H3,(H,27,32)/t14-,19-/m1/s1. The number of nitrogens with zero attached hydrogens (tertiary/aromatic N) is 6. The van der Waals surface area contributed by atoms with Crippen LogP contribution in [0.5, 0.6) is 5.75 Å². The fourth-order valence-corrected chi connectivity index (χ4v) is 3.91. The number of aromatic hydroxyl groups is 1. The highest BCUT2D eigenvalue weighted by Crippen LogP contribution is 2.35. The van der Waals surface area contributed by atoms with Crippen LogP contribution in [0.2, 0.25) is 0 Å². The van der Waals surface area contributed by atoms with E-state index in [1.54, 1.807) is 23.0 Å². The van der Waals surface area contributed by atoms with E-state index < -0.39 is 34.9 Å². The lowest BCUT2D eigenvalue weighted by molar-refractivity contribution is 0.101. The summed E-state index contributed by atoms with van der Waals surface area (Å²) in [5.41, 5.74) is 0.992. The summed E-state index contributed by atoms with van der Waals surface area (Å²) in [6.45, 7) is 3.70. The van der Waals surface area contributed by atoms with Crippen LogP contribution >= 0.6 is 0 Å². The number of anilines is 1. The molecular weight excluding hydrogens is 438 g/mol. The lowest BCUT2D eigenvalue weighted by Crippen LogP contribution is -2.31. The molecule has 0 radical (unpaired) electrons. The van der Waals surface area contributed by atoms with E-state index in [2.05, 4.69) is 26.6 Å². The molecule has 0 aliphatic heterocycles. The zero-order valence-corrected chi connectivity index (χ0v) is 18.6. The zero-order chi connectivity index (χ0) is 24.4. The average molecular weight is 459 g/mol. The van der Waals surface area contributed by atoms with E-state index in [-0.39, 0.29) is 11.5 Å². The zero-order valence-electron chi connectivity index (χ0n) is 18.6. The predicted molar refractivity (Wildman–Crippen MR) is 120 cm³/mol. The predicted octanol–water partition coefficient (Wildman–Crippen LogP) is 2.50. The molecular formula is C23H21N7O4. The number of nitrogens with one attached hydrogen (secondary N) is 1. The Balaban J connectivity index is 1.87. The van der Waals surface area contributed by atoms with Crippen molar-refractivity contribution in [2.45, 2.75) is 25.8 Å². The van der Waals surface area contributed by atoms with E-state index in [4.69, 9.17) is 4.52 Å². The number of aryl methyl sites for hydroxylation is 1. The molecule has 0 fully saturated rings. The fourth-order valence-electron chi connectivity index (χ4n) is 3.91. The van der Waals surface area contributed by atoms with Crippen LogP contribution in [0.25, 0.3) is 0 Å². The van der Waals surface area contributed by atoms with Gasteiger partial charge >= 0.3 is 0 Å².